The number of nitrogens with zero attached hydrogens (tertiary/aromatic N) is 2. The molecule has 1 aromatic rings. The molecule has 1 aliphatic carbocycles. The molecule has 0 unspecified atom stereocenters. The van der Waals surface area contributed by atoms with Gasteiger partial charge in [0.25, 0.3) is 10.0 Å². The second-order valence-corrected chi connectivity index (χ2v) is 8.86. The highest BCUT2D eigenvalue weighted by Gasteiger charge is 2.30. The molecule has 0 saturated carbocycles. The van der Waals surface area contributed by atoms with Crippen molar-refractivity contribution >= 4 is 27.5 Å². The number of carbonyl (C=O) groups excluding carboxylic acids is 1. The van der Waals surface area contributed by atoms with Crippen molar-refractivity contribution in [3.63, 3.8) is 0 Å². The van der Waals surface area contributed by atoms with Crippen molar-refractivity contribution in [2.24, 2.45) is 10.3 Å². The van der Waals surface area contributed by atoms with Crippen LogP contribution in [0, 0.1) is 5.92 Å². The van der Waals surface area contributed by atoms with Crippen LogP contribution < -0.4 is 10.7 Å². The zero-order chi connectivity index (χ0) is 19.6. The van der Waals surface area contributed by atoms with Gasteiger partial charge >= 0.3 is 0 Å². The number of rotatable bonds is 5. The maximum atomic E-state index is 12.4. The topological polar surface area (TPSA) is 90.9 Å². The Balaban J connectivity index is 1.30. The highest BCUT2D eigenvalue weighted by Crippen LogP contribution is 2.28. The van der Waals surface area contributed by atoms with Crippen LogP contribution >= 0.6 is 0 Å². The number of anilines is 1. The molecule has 7 nitrogen and oxygen atoms in total. The van der Waals surface area contributed by atoms with E-state index in [1.165, 1.54) is 6.07 Å². The monoisotopic (exact) mass is 400 g/mol. The molecule has 2 heterocycles. The van der Waals surface area contributed by atoms with Crippen LogP contribution in [0.15, 0.2) is 57.9 Å². The van der Waals surface area contributed by atoms with E-state index in [1.807, 2.05) is 11.1 Å². The molecule has 28 heavy (non-hydrogen) atoms. The van der Waals surface area contributed by atoms with Crippen LogP contribution in [-0.2, 0) is 14.8 Å². The fourth-order valence-corrected chi connectivity index (χ4v) is 5.10. The van der Waals surface area contributed by atoms with E-state index < -0.39 is 10.0 Å². The Labute approximate surface area is 165 Å². The maximum Gasteiger partial charge on any atom is 0.286 e. The molecule has 1 amide bonds. The molecular formula is C20H24N4O3S. The van der Waals surface area contributed by atoms with Crippen molar-refractivity contribution in [2.45, 2.75) is 43.0 Å². The average Bonchev–Trinajstić information content (AvgIpc) is 2.68. The lowest BCUT2D eigenvalue weighted by Crippen LogP contribution is -2.53. The van der Waals surface area contributed by atoms with Crippen LogP contribution in [-0.4, -0.2) is 37.8 Å². The summed E-state index contributed by atoms with van der Waals surface area (Å²) in [6, 6.07) is 6.91. The van der Waals surface area contributed by atoms with Crippen LogP contribution in [0.25, 0.3) is 0 Å². The van der Waals surface area contributed by atoms with Gasteiger partial charge in [-0.05, 0) is 37.3 Å². The SMILES string of the molecule is O=C(CCCC1=NS(=O)(=O)c2ccccc2N1)NN1CCC[C@H]2C=CC=C[C@H]21. The van der Waals surface area contributed by atoms with E-state index >= 15 is 0 Å². The van der Waals surface area contributed by atoms with Crippen molar-refractivity contribution in [3.05, 3.63) is 48.6 Å². The number of benzene rings is 1. The number of para-hydroxylation sites is 1. The van der Waals surface area contributed by atoms with E-state index in [-0.39, 0.29) is 16.8 Å². The Hall–Kier alpha value is -2.45. The Bertz CT molecular complexity index is 952. The first-order valence-electron chi connectivity index (χ1n) is 9.64. The molecule has 8 heteroatoms. The minimum atomic E-state index is -3.68. The number of allylic oxidation sites excluding steroid dienone is 2. The molecule has 0 bridgehead atoms. The second-order valence-electron chi connectivity index (χ2n) is 7.28. The van der Waals surface area contributed by atoms with Gasteiger partial charge in [-0.15, -0.1) is 4.40 Å². The van der Waals surface area contributed by atoms with Gasteiger partial charge < -0.3 is 5.32 Å². The summed E-state index contributed by atoms with van der Waals surface area (Å²) in [7, 11) is -3.68. The Morgan fingerprint density at radius 2 is 2.07 bits per heavy atom. The molecule has 4 rings (SSSR count). The molecule has 1 fully saturated rings. The number of fused-ring (bicyclic) bond motifs is 2. The number of nitrogens with one attached hydrogen (secondary N) is 2. The predicted octanol–water partition coefficient (Wildman–Crippen LogP) is 2.61. The summed E-state index contributed by atoms with van der Waals surface area (Å²) in [4.78, 5) is 12.6. The predicted molar refractivity (Wildman–Crippen MR) is 108 cm³/mol. The molecule has 2 N–H and O–H groups in total. The molecule has 0 radical (unpaired) electrons. The van der Waals surface area contributed by atoms with Crippen molar-refractivity contribution in [1.29, 1.82) is 0 Å². The molecule has 1 aromatic carbocycles. The number of hydrogen-bond acceptors (Lipinski definition) is 5. The molecule has 3 aliphatic rings. The van der Waals surface area contributed by atoms with E-state index in [0.717, 1.165) is 19.4 Å². The van der Waals surface area contributed by atoms with E-state index in [9.17, 15) is 13.2 Å². The Morgan fingerprint density at radius 3 is 2.96 bits per heavy atom. The van der Waals surface area contributed by atoms with E-state index in [4.69, 9.17) is 0 Å². The minimum Gasteiger partial charge on any atom is -0.342 e. The normalized spacial score (nSPS) is 25.2. The Morgan fingerprint density at radius 1 is 1.25 bits per heavy atom. The molecule has 0 aromatic heterocycles. The number of amides is 1. The highest BCUT2D eigenvalue weighted by atomic mass is 32.2. The van der Waals surface area contributed by atoms with Gasteiger partial charge in [-0.3, -0.25) is 10.2 Å². The number of piperidine rings is 1. The molecule has 1 saturated heterocycles. The van der Waals surface area contributed by atoms with E-state index in [2.05, 4.69) is 33.4 Å². The molecule has 148 valence electrons. The lowest BCUT2D eigenvalue weighted by atomic mass is 9.87. The second kappa shape index (κ2) is 7.89. The third-order valence-corrected chi connectivity index (χ3v) is 6.65. The molecule has 2 aliphatic heterocycles. The van der Waals surface area contributed by atoms with Crippen molar-refractivity contribution in [3.8, 4) is 0 Å². The number of hydrogen-bond donors (Lipinski definition) is 2. The van der Waals surface area contributed by atoms with Gasteiger partial charge in [-0.2, -0.15) is 8.42 Å². The zero-order valence-electron chi connectivity index (χ0n) is 15.5. The average molecular weight is 401 g/mol. The van der Waals surface area contributed by atoms with Gasteiger partial charge in [0, 0.05) is 19.4 Å². The van der Waals surface area contributed by atoms with Gasteiger partial charge in [0.15, 0.2) is 0 Å². The van der Waals surface area contributed by atoms with Crippen LogP contribution in [0.2, 0.25) is 0 Å². The summed E-state index contributed by atoms with van der Waals surface area (Å²) < 4.78 is 28.3. The minimum absolute atomic E-state index is 0.0525. The smallest absolute Gasteiger partial charge is 0.286 e. The Kier molecular flexibility index (Phi) is 5.32. The summed E-state index contributed by atoms with van der Waals surface area (Å²) in [6.45, 7) is 0.842. The fraction of sp³-hybridized carbons (Fsp3) is 0.400. The van der Waals surface area contributed by atoms with E-state index in [0.29, 0.717) is 36.7 Å². The van der Waals surface area contributed by atoms with Gasteiger partial charge in [0.1, 0.15) is 10.7 Å². The lowest BCUT2D eigenvalue weighted by Gasteiger charge is -2.39. The van der Waals surface area contributed by atoms with Crippen LogP contribution in [0.3, 0.4) is 0 Å². The van der Waals surface area contributed by atoms with Gasteiger partial charge in [-0.1, -0.05) is 36.4 Å². The van der Waals surface area contributed by atoms with Crippen LogP contribution in [0.4, 0.5) is 5.69 Å². The highest BCUT2D eigenvalue weighted by molar-refractivity contribution is 7.90. The summed E-state index contributed by atoms with van der Waals surface area (Å²) in [5, 5.41) is 5.08. The maximum absolute atomic E-state index is 12.4. The summed E-state index contributed by atoms with van der Waals surface area (Å²) in [5.41, 5.74) is 3.55. The van der Waals surface area contributed by atoms with Crippen molar-refractivity contribution < 1.29 is 13.2 Å². The number of sulfonamides is 1. The summed E-state index contributed by atoms with van der Waals surface area (Å²) >= 11 is 0. The van der Waals surface area contributed by atoms with Crippen LogP contribution in [0.5, 0.6) is 0 Å². The summed E-state index contributed by atoms with van der Waals surface area (Å²) in [6.07, 6.45) is 11.9. The third-order valence-electron chi connectivity index (χ3n) is 5.27. The first-order chi connectivity index (χ1) is 13.5. The molecular weight excluding hydrogens is 376 g/mol. The molecule has 2 atom stereocenters. The standard InChI is InChI=1S/C20H24N4O3S/c25-20(22-24-14-6-8-15-7-1-3-10-17(15)24)13-5-12-19-21-16-9-2-4-11-18(16)28(26,27)23-19/h1-4,7,9-11,15,17H,5-6,8,12-14H2,(H,21,23)(H,22,25)/t15-,17-/m1/s1. The van der Waals surface area contributed by atoms with Crippen molar-refractivity contribution in [1.82, 2.24) is 10.4 Å². The largest absolute Gasteiger partial charge is 0.342 e. The molecule has 0 spiro atoms. The van der Waals surface area contributed by atoms with Gasteiger partial charge in [0.2, 0.25) is 5.91 Å². The number of carbonyl (C=O) groups is 1. The zero-order valence-corrected chi connectivity index (χ0v) is 16.4. The van der Waals surface area contributed by atoms with E-state index in [1.54, 1.807) is 18.2 Å². The van der Waals surface area contributed by atoms with Gasteiger partial charge in [-0.25, -0.2) is 5.01 Å². The first-order valence-corrected chi connectivity index (χ1v) is 11.1. The quantitative estimate of drug-likeness (QED) is 0.793. The summed E-state index contributed by atoms with van der Waals surface area (Å²) in [5.74, 6) is 0.776. The van der Waals surface area contributed by atoms with Crippen molar-refractivity contribution in [2.75, 3.05) is 11.9 Å². The first kappa shape index (κ1) is 18.9. The number of amidine groups is 1. The fourth-order valence-electron chi connectivity index (χ4n) is 3.93. The van der Waals surface area contributed by atoms with Crippen LogP contribution in [0.1, 0.15) is 32.1 Å². The number of hydrazine groups is 1. The van der Waals surface area contributed by atoms with Gasteiger partial charge in [0.05, 0.1) is 11.7 Å². The third kappa shape index (κ3) is 4.02. The lowest BCUT2D eigenvalue weighted by molar-refractivity contribution is -0.127.